The molecule has 4 N–H and O–H groups in total. The van der Waals surface area contributed by atoms with Crippen LogP contribution in [0.5, 0.6) is 5.75 Å². The first-order valence-electron chi connectivity index (χ1n) is 8.80. The number of nitrogens with zero attached hydrogens (tertiary/aromatic N) is 1. The van der Waals surface area contributed by atoms with Crippen molar-refractivity contribution >= 4 is 22.0 Å². The Balaban J connectivity index is 2.97. The fourth-order valence-electron chi connectivity index (χ4n) is 1.99. The number of rotatable bonds is 9. The van der Waals surface area contributed by atoms with Crippen molar-refractivity contribution in [2.75, 3.05) is 13.2 Å². The lowest BCUT2D eigenvalue weighted by molar-refractivity contribution is -0.0500. The summed E-state index contributed by atoms with van der Waals surface area (Å²) in [5.41, 5.74) is -0.0902. The first-order valence-corrected chi connectivity index (χ1v) is 10.2. The molecule has 31 heavy (non-hydrogen) atoms. The molecule has 1 atom stereocenters. The summed E-state index contributed by atoms with van der Waals surface area (Å²) in [5, 5.41) is 14.8. The van der Waals surface area contributed by atoms with Gasteiger partial charge in [0.2, 0.25) is 0 Å². The third-order valence-corrected chi connectivity index (χ3v) is 4.23. The van der Waals surface area contributed by atoms with Gasteiger partial charge in [-0.1, -0.05) is 17.3 Å². The van der Waals surface area contributed by atoms with E-state index in [-0.39, 0.29) is 25.5 Å². The molecule has 0 saturated carbocycles. The summed E-state index contributed by atoms with van der Waals surface area (Å²) >= 11 is 0. The van der Waals surface area contributed by atoms with Crippen LogP contribution in [0.15, 0.2) is 29.4 Å². The number of alkyl halides is 3. The van der Waals surface area contributed by atoms with E-state index in [1.807, 2.05) is 0 Å². The number of halogens is 3. The zero-order chi connectivity index (χ0) is 23.9. The second-order valence-electron chi connectivity index (χ2n) is 7.10. The standard InChI is InChI=1S/C17H24F3N3O7S/c1-16(2,3)29-15(25)22-13(14(21)23-28-9-8-24)10-11-4-6-12(7-5-11)30-31(26,27)17(18,19)20/h4-7,13,24H,8-10H2,1-3H3,(H2,21,23)(H,22,25)/t13-/m0/s1. The molecule has 10 nitrogen and oxygen atoms in total. The van der Waals surface area contributed by atoms with Gasteiger partial charge >= 0.3 is 21.7 Å². The van der Waals surface area contributed by atoms with Gasteiger partial charge in [0.15, 0.2) is 5.84 Å². The van der Waals surface area contributed by atoms with Gasteiger partial charge in [-0.05, 0) is 38.5 Å². The largest absolute Gasteiger partial charge is 0.534 e. The first-order chi connectivity index (χ1) is 14.1. The summed E-state index contributed by atoms with van der Waals surface area (Å²) in [6, 6.07) is 3.65. The fourth-order valence-corrected chi connectivity index (χ4v) is 2.45. The van der Waals surface area contributed by atoms with E-state index in [9.17, 15) is 26.4 Å². The number of nitrogens with one attached hydrogen (secondary N) is 1. The predicted octanol–water partition coefficient (Wildman–Crippen LogP) is 1.63. The van der Waals surface area contributed by atoms with Crippen molar-refractivity contribution in [3.63, 3.8) is 0 Å². The Labute approximate surface area is 177 Å². The number of benzene rings is 1. The van der Waals surface area contributed by atoms with E-state index < -0.39 is 39.1 Å². The Bertz CT molecular complexity index is 866. The van der Waals surface area contributed by atoms with E-state index in [4.69, 9.17) is 20.4 Å². The summed E-state index contributed by atoms with van der Waals surface area (Å²) in [4.78, 5) is 16.9. The van der Waals surface area contributed by atoms with Gasteiger partial charge in [-0.3, -0.25) is 0 Å². The maximum Gasteiger partial charge on any atom is 0.534 e. The lowest BCUT2D eigenvalue weighted by atomic mass is 10.1. The zero-order valence-electron chi connectivity index (χ0n) is 17.0. The Morgan fingerprint density at radius 2 is 1.81 bits per heavy atom. The summed E-state index contributed by atoms with van der Waals surface area (Å²) in [6.45, 7) is 4.49. The fraction of sp³-hybridized carbons (Fsp3) is 0.529. The third-order valence-electron chi connectivity index (χ3n) is 3.25. The van der Waals surface area contributed by atoms with Gasteiger partial charge in [-0.25, -0.2) is 4.79 Å². The zero-order valence-corrected chi connectivity index (χ0v) is 17.8. The highest BCUT2D eigenvalue weighted by molar-refractivity contribution is 7.88. The molecule has 1 rings (SSSR count). The minimum Gasteiger partial charge on any atom is -0.444 e. The average Bonchev–Trinajstić information content (AvgIpc) is 2.60. The Morgan fingerprint density at radius 3 is 2.29 bits per heavy atom. The van der Waals surface area contributed by atoms with Crippen molar-refractivity contribution in [1.29, 1.82) is 0 Å². The van der Waals surface area contributed by atoms with Crippen LogP contribution >= 0.6 is 0 Å². The van der Waals surface area contributed by atoms with Crippen molar-refractivity contribution in [3.05, 3.63) is 29.8 Å². The number of aliphatic hydroxyl groups is 1. The van der Waals surface area contributed by atoms with Crippen molar-refractivity contribution in [2.45, 2.75) is 44.3 Å². The van der Waals surface area contributed by atoms with Gasteiger partial charge in [0, 0.05) is 6.42 Å². The van der Waals surface area contributed by atoms with E-state index in [1.54, 1.807) is 20.8 Å². The van der Waals surface area contributed by atoms with Gasteiger partial charge in [0.25, 0.3) is 0 Å². The second kappa shape index (κ2) is 10.5. The van der Waals surface area contributed by atoms with Gasteiger partial charge in [0.05, 0.1) is 12.6 Å². The number of carbonyl (C=O) groups excluding carboxylic acids is 1. The van der Waals surface area contributed by atoms with Crippen molar-refractivity contribution in [1.82, 2.24) is 5.32 Å². The molecule has 0 fully saturated rings. The van der Waals surface area contributed by atoms with Gasteiger partial charge in [-0.2, -0.15) is 21.6 Å². The van der Waals surface area contributed by atoms with Crippen LogP contribution in [-0.2, 0) is 26.1 Å². The van der Waals surface area contributed by atoms with E-state index in [2.05, 4.69) is 14.7 Å². The topological polar surface area (TPSA) is 150 Å². The normalized spacial score (nSPS) is 14.0. The maximum absolute atomic E-state index is 12.4. The molecule has 0 saturated heterocycles. The van der Waals surface area contributed by atoms with Crippen LogP contribution in [-0.4, -0.2) is 55.8 Å². The number of oxime groups is 1. The van der Waals surface area contributed by atoms with Crippen molar-refractivity contribution in [2.24, 2.45) is 10.9 Å². The minimum absolute atomic E-state index is 0.00334. The monoisotopic (exact) mass is 471 g/mol. The highest BCUT2D eigenvalue weighted by atomic mass is 32.2. The Kier molecular flexibility index (Phi) is 8.93. The molecule has 0 aromatic heterocycles. The van der Waals surface area contributed by atoms with Crippen LogP contribution in [0.4, 0.5) is 18.0 Å². The number of hydrogen-bond donors (Lipinski definition) is 3. The number of alkyl carbamates (subject to hydrolysis) is 1. The number of amides is 1. The van der Waals surface area contributed by atoms with Crippen molar-refractivity contribution < 1.29 is 45.2 Å². The molecule has 0 unspecified atom stereocenters. The minimum atomic E-state index is -5.80. The van der Waals surface area contributed by atoms with E-state index in [1.165, 1.54) is 12.1 Å². The summed E-state index contributed by atoms with van der Waals surface area (Å²) < 4.78 is 68.5. The third kappa shape index (κ3) is 9.29. The molecule has 176 valence electrons. The molecular formula is C17H24F3N3O7S. The molecule has 0 heterocycles. The summed E-state index contributed by atoms with van der Waals surface area (Å²) in [7, 11) is -5.80. The molecule has 0 bridgehead atoms. The molecular weight excluding hydrogens is 447 g/mol. The average molecular weight is 471 g/mol. The van der Waals surface area contributed by atoms with Crippen LogP contribution in [0.3, 0.4) is 0 Å². The SMILES string of the molecule is CC(C)(C)OC(=O)N[C@@H](Cc1ccc(OS(=O)(=O)C(F)(F)F)cc1)/C(N)=N/OCCO. The molecule has 0 spiro atoms. The number of amidine groups is 1. The summed E-state index contributed by atoms with van der Waals surface area (Å²) in [6.07, 6.45) is -0.808. The smallest absolute Gasteiger partial charge is 0.444 e. The molecule has 0 aliphatic rings. The van der Waals surface area contributed by atoms with Crippen LogP contribution in [0, 0.1) is 0 Å². The van der Waals surface area contributed by atoms with Gasteiger partial charge in [-0.15, -0.1) is 0 Å². The number of nitrogens with two attached hydrogens (primary N) is 1. The number of aliphatic hydroxyl groups excluding tert-OH is 1. The van der Waals surface area contributed by atoms with E-state index >= 15 is 0 Å². The lowest BCUT2D eigenvalue weighted by Crippen LogP contribution is -2.47. The molecule has 1 amide bonds. The number of ether oxygens (including phenoxy) is 1. The predicted molar refractivity (Wildman–Crippen MR) is 104 cm³/mol. The van der Waals surface area contributed by atoms with Crippen molar-refractivity contribution in [3.8, 4) is 5.75 Å². The quantitative estimate of drug-likeness (QED) is 0.123. The van der Waals surface area contributed by atoms with E-state index in [0.717, 1.165) is 12.1 Å². The molecule has 1 aromatic rings. The van der Waals surface area contributed by atoms with Gasteiger partial charge in [0.1, 0.15) is 18.0 Å². The Morgan fingerprint density at radius 1 is 1.23 bits per heavy atom. The highest BCUT2D eigenvalue weighted by Gasteiger charge is 2.48. The number of carbonyl (C=O) groups is 1. The Hall–Kier alpha value is -2.74. The van der Waals surface area contributed by atoms with E-state index in [0.29, 0.717) is 5.56 Å². The molecule has 0 aliphatic carbocycles. The molecule has 14 heteroatoms. The van der Waals surface area contributed by atoms with Crippen LogP contribution < -0.4 is 15.2 Å². The van der Waals surface area contributed by atoms with Gasteiger partial charge < -0.3 is 29.9 Å². The second-order valence-corrected chi connectivity index (χ2v) is 8.64. The number of hydrogen-bond acceptors (Lipinski definition) is 8. The molecule has 0 aliphatic heterocycles. The van der Waals surface area contributed by atoms with Crippen LogP contribution in [0.2, 0.25) is 0 Å². The lowest BCUT2D eigenvalue weighted by Gasteiger charge is -2.23. The summed E-state index contributed by atoms with van der Waals surface area (Å²) in [5.74, 6) is -0.718. The molecule has 1 aromatic carbocycles. The first kappa shape index (κ1) is 26.3. The maximum atomic E-state index is 12.4. The highest BCUT2D eigenvalue weighted by Crippen LogP contribution is 2.27. The van der Waals surface area contributed by atoms with Crippen LogP contribution in [0.1, 0.15) is 26.3 Å². The van der Waals surface area contributed by atoms with Crippen LogP contribution in [0.25, 0.3) is 0 Å². The molecule has 0 radical (unpaired) electrons.